The van der Waals surface area contributed by atoms with Crippen LogP contribution in [0.3, 0.4) is 0 Å². The van der Waals surface area contributed by atoms with Gasteiger partial charge in [-0.1, -0.05) is 60.7 Å². The number of nitrogens with zero attached hydrogens (tertiary/aromatic N) is 1. The van der Waals surface area contributed by atoms with Crippen molar-refractivity contribution >= 4 is 21.5 Å². The van der Waals surface area contributed by atoms with Crippen LogP contribution in [0.5, 0.6) is 5.75 Å². The summed E-state index contributed by atoms with van der Waals surface area (Å²) < 4.78 is 48.7. The molecule has 0 radical (unpaired) electrons. The summed E-state index contributed by atoms with van der Waals surface area (Å²) >= 11 is 0. The summed E-state index contributed by atoms with van der Waals surface area (Å²) in [5.41, 5.74) is 2.29. The minimum atomic E-state index is -4.06. The number of rotatable bonds is 7. The van der Waals surface area contributed by atoms with Crippen LogP contribution in [0.4, 0.5) is 10.1 Å². The highest BCUT2D eigenvalue weighted by atomic mass is 32.2. The van der Waals surface area contributed by atoms with Gasteiger partial charge in [0.25, 0.3) is 10.0 Å². The van der Waals surface area contributed by atoms with E-state index in [1.165, 1.54) is 12.1 Å². The van der Waals surface area contributed by atoms with Gasteiger partial charge in [0.05, 0.1) is 4.90 Å². The van der Waals surface area contributed by atoms with Crippen LogP contribution in [0.15, 0.2) is 118 Å². The summed E-state index contributed by atoms with van der Waals surface area (Å²) in [5.74, 6) is 0.313. The molecular formula is C26H21FN2O3S. The van der Waals surface area contributed by atoms with Gasteiger partial charge in [0.2, 0.25) is 0 Å². The Balaban J connectivity index is 1.56. The van der Waals surface area contributed by atoms with Gasteiger partial charge < -0.3 is 10.1 Å². The van der Waals surface area contributed by atoms with Crippen molar-refractivity contribution in [2.45, 2.75) is 11.5 Å². The quantitative estimate of drug-likeness (QED) is 0.286. The lowest BCUT2D eigenvalue weighted by atomic mass is 10.2. The summed E-state index contributed by atoms with van der Waals surface area (Å²) in [6, 6.07) is 30.5. The third-order valence-corrected chi connectivity index (χ3v) is 6.03. The molecule has 0 saturated heterocycles. The Morgan fingerprint density at radius 2 is 1.39 bits per heavy atom. The molecule has 0 unspecified atom stereocenters. The van der Waals surface area contributed by atoms with E-state index in [1.54, 1.807) is 48.5 Å². The molecule has 0 atom stereocenters. The highest BCUT2D eigenvalue weighted by Crippen LogP contribution is 2.20. The molecule has 33 heavy (non-hydrogen) atoms. The Kier molecular flexibility index (Phi) is 6.80. The smallest absolute Gasteiger partial charge is 0.284 e. The van der Waals surface area contributed by atoms with Crippen molar-refractivity contribution in [1.29, 1.82) is 0 Å². The third kappa shape index (κ3) is 6.05. The molecule has 4 aromatic carbocycles. The number of anilines is 1. The molecule has 0 aliphatic rings. The van der Waals surface area contributed by atoms with Gasteiger partial charge in [-0.25, -0.2) is 4.39 Å². The summed E-state index contributed by atoms with van der Waals surface area (Å²) in [6.07, 6.45) is 0. The predicted octanol–water partition coefficient (Wildman–Crippen LogP) is 5.65. The van der Waals surface area contributed by atoms with Crippen LogP contribution in [-0.2, 0) is 16.6 Å². The van der Waals surface area contributed by atoms with Crippen LogP contribution < -0.4 is 10.1 Å². The van der Waals surface area contributed by atoms with Gasteiger partial charge in [-0.2, -0.15) is 8.42 Å². The number of ether oxygens (including phenoxy) is 1. The number of hydrogen-bond acceptors (Lipinski definition) is 3. The molecule has 0 saturated carbocycles. The van der Waals surface area contributed by atoms with Crippen LogP contribution >= 0.6 is 0 Å². The molecule has 0 fully saturated rings. The highest BCUT2D eigenvalue weighted by Gasteiger charge is 2.16. The summed E-state index contributed by atoms with van der Waals surface area (Å²) in [6.45, 7) is 0.445. The van der Waals surface area contributed by atoms with Crippen molar-refractivity contribution in [2.75, 3.05) is 5.32 Å². The van der Waals surface area contributed by atoms with Crippen molar-refractivity contribution in [1.82, 2.24) is 0 Å². The Bertz CT molecular complexity index is 1320. The Labute approximate surface area is 192 Å². The highest BCUT2D eigenvalue weighted by molar-refractivity contribution is 7.90. The zero-order chi connectivity index (χ0) is 23.1. The van der Waals surface area contributed by atoms with Crippen molar-refractivity contribution in [3.05, 3.63) is 126 Å². The first-order valence-corrected chi connectivity index (χ1v) is 11.6. The molecule has 1 N–H and O–H groups in total. The standard InChI is InChI=1S/C26H21FN2O3S/c27-22-11-17-25(18-12-22)33(30,31)29-26(21-9-5-2-6-10-21)28-23-13-15-24(16-14-23)32-19-20-7-3-1-4-8-20/h1-18H,19H2,(H,28,29). The largest absolute Gasteiger partial charge is 0.489 e. The molecule has 0 aromatic heterocycles. The van der Waals surface area contributed by atoms with Gasteiger partial charge in [-0.05, 0) is 54.1 Å². The molecule has 5 nitrogen and oxygen atoms in total. The molecule has 4 rings (SSSR count). The van der Waals surface area contributed by atoms with Crippen LogP contribution in [0, 0.1) is 5.82 Å². The van der Waals surface area contributed by atoms with Gasteiger partial charge in [0.15, 0.2) is 5.84 Å². The predicted molar refractivity (Wildman–Crippen MR) is 127 cm³/mol. The van der Waals surface area contributed by atoms with Gasteiger partial charge in [-0.3, -0.25) is 0 Å². The number of halogens is 1. The maximum Gasteiger partial charge on any atom is 0.284 e. The van der Waals surface area contributed by atoms with E-state index in [1.807, 2.05) is 36.4 Å². The van der Waals surface area contributed by atoms with Crippen LogP contribution in [-0.4, -0.2) is 14.3 Å². The normalized spacial score (nSPS) is 11.7. The third-order valence-electron chi connectivity index (χ3n) is 4.74. The maximum atomic E-state index is 13.2. The van der Waals surface area contributed by atoms with E-state index in [2.05, 4.69) is 9.71 Å². The van der Waals surface area contributed by atoms with Crippen LogP contribution in [0.2, 0.25) is 0 Å². The summed E-state index contributed by atoms with van der Waals surface area (Å²) in [7, 11) is -4.06. The summed E-state index contributed by atoms with van der Waals surface area (Å²) in [4.78, 5) is -0.0937. The first kappa shape index (κ1) is 22.2. The zero-order valence-corrected chi connectivity index (χ0v) is 18.4. The molecule has 166 valence electrons. The number of nitrogens with one attached hydrogen (secondary N) is 1. The fourth-order valence-electron chi connectivity index (χ4n) is 3.04. The second kappa shape index (κ2) is 10.1. The van der Waals surface area contributed by atoms with Crippen molar-refractivity contribution in [3.8, 4) is 5.75 Å². The molecule has 0 spiro atoms. The first-order valence-electron chi connectivity index (χ1n) is 10.2. The Morgan fingerprint density at radius 1 is 0.788 bits per heavy atom. The van der Waals surface area contributed by atoms with Gasteiger partial charge in [0, 0.05) is 11.3 Å². The topological polar surface area (TPSA) is 67.8 Å². The monoisotopic (exact) mass is 460 g/mol. The van der Waals surface area contributed by atoms with E-state index in [-0.39, 0.29) is 10.7 Å². The lowest BCUT2D eigenvalue weighted by Crippen LogP contribution is -2.16. The molecule has 7 heteroatoms. The molecule has 0 amide bonds. The Morgan fingerprint density at radius 3 is 2.03 bits per heavy atom. The molecule has 0 heterocycles. The molecule has 0 aliphatic carbocycles. The minimum absolute atomic E-state index is 0.0937. The van der Waals surface area contributed by atoms with Crippen molar-refractivity contribution < 1.29 is 17.5 Å². The van der Waals surface area contributed by atoms with Gasteiger partial charge in [-0.15, -0.1) is 4.40 Å². The fraction of sp³-hybridized carbons (Fsp3) is 0.0385. The van der Waals surface area contributed by atoms with E-state index in [0.29, 0.717) is 23.6 Å². The average Bonchev–Trinajstić information content (AvgIpc) is 2.84. The number of amidine groups is 1. The molecular weight excluding hydrogens is 439 g/mol. The summed E-state index contributed by atoms with van der Waals surface area (Å²) in [5, 5.41) is 3.07. The van der Waals surface area contributed by atoms with E-state index < -0.39 is 15.8 Å². The fourth-order valence-corrected chi connectivity index (χ4v) is 4.01. The number of benzene rings is 4. The minimum Gasteiger partial charge on any atom is -0.489 e. The number of hydrogen-bond donors (Lipinski definition) is 1. The SMILES string of the molecule is O=S(=O)(N=C(Nc1ccc(OCc2ccccc2)cc1)c1ccccc1)c1ccc(F)cc1. The van der Waals surface area contributed by atoms with Crippen LogP contribution in [0.25, 0.3) is 0 Å². The van der Waals surface area contributed by atoms with E-state index in [4.69, 9.17) is 4.74 Å². The second-order valence-corrected chi connectivity index (χ2v) is 8.76. The zero-order valence-electron chi connectivity index (χ0n) is 17.6. The first-order chi connectivity index (χ1) is 16.0. The lowest BCUT2D eigenvalue weighted by molar-refractivity contribution is 0.306. The van der Waals surface area contributed by atoms with Gasteiger partial charge >= 0.3 is 0 Å². The average molecular weight is 461 g/mol. The molecule has 4 aromatic rings. The van der Waals surface area contributed by atoms with E-state index in [9.17, 15) is 12.8 Å². The maximum absolute atomic E-state index is 13.2. The second-order valence-electron chi connectivity index (χ2n) is 7.16. The Hall–Kier alpha value is -3.97. The molecule has 0 bridgehead atoms. The van der Waals surface area contributed by atoms with Crippen molar-refractivity contribution in [3.63, 3.8) is 0 Å². The van der Waals surface area contributed by atoms with Crippen molar-refractivity contribution in [2.24, 2.45) is 4.40 Å². The lowest BCUT2D eigenvalue weighted by Gasteiger charge is -2.12. The van der Waals surface area contributed by atoms with E-state index in [0.717, 1.165) is 17.7 Å². The van der Waals surface area contributed by atoms with Crippen LogP contribution in [0.1, 0.15) is 11.1 Å². The number of sulfonamides is 1. The van der Waals surface area contributed by atoms with Gasteiger partial charge in [0.1, 0.15) is 18.2 Å². The van der Waals surface area contributed by atoms with E-state index >= 15 is 0 Å². The molecule has 0 aliphatic heterocycles.